The highest BCUT2D eigenvalue weighted by molar-refractivity contribution is 5.98. The average molecular weight is 246 g/mol. The lowest BCUT2D eigenvalue weighted by molar-refractivity contribution is -0.138. The molecule has 0 fully saturated rings. The minimum absolute atomic E-state index is 0.166. The van der Waals surface area contributed by atoms with Gasteiger partial charge in [-0.1, -0.05) is 12.1 Å². The molecule has 0 heterocycles. The maximum absolute atomic E-state index is 11.8. The summed E-state index contributed by atoms with van der Waals surface area (Å²) < 4.78 is 10.2. The lowest BCUT2D eigenvalue weighted by Gasteiger charge is -2.08. The Hall–Kier alpha value is -1.77. The molecular weight excluding hydrogens is 228 g/mol. The Morgan fingerprint density at radius 2 is 1.94 bits per heavy atom. The molecule has 0 radical (unpaired) electrons. The summed E-state index contributed by atoms with van der Waals surface area (Å²) in [6.45, 7) is 2.26. The third-order valence-corrected chi connectivity index (χ3v) is 3.18. The van der Waals surface area contributed by atoms with Crippen molar-refractivity contribution >= 4 is 11.5 Å². The Kier molecular flexibility index (Phi) is 4.03. The van der Waals surface area contributed by atoms with Crippen molar-refractivity contribution in [1.82, 2.24) is 0 Å². The second kappa shape index (κ2) is 5.71. The minimum Gasteiger partial charge on any atom is -0.497 e. The van der Waals surface area contributed by atoms with Gasteiger partial charge in [-0.15, -0.1) is 0 Å². The fraction of sp³-hybridized carbons (Fsp3) is 0.400. The predicted molar refractivity (Wildman–Crippen MR) is 70.4 cm³/mol. The van der Waals surface area contributed by atoms with E-state index < -0.39 is 0 Å². The predicted octanol–water partition coefficient (Wildman–Crippen LogP) is 3.20. The molecule has 1 aromatic rings. The normalized spacial score (nSPS) is 14.8. The van der Waals surface area contributed by atoms with Crippen LogP contribution in [0.15, 0.2) is 29.8 Å². The van der Waals surface area contributed by atoms with E-state index in [4.69, 9.17) is 9.47 Å². The second-order valence-corrected chi connectivity index (χ2v) is 4.26. The Labute approximate surface area is 107 Å². The van der Waals surface area contributed by atoms with E-state index >= 15 is 0 Å². The molecule has 0 unspecified atom stereocenters. The van der Waals surface area contributed by atoms with Gasteiger partial charge in [-0.3, -0.25) is 0 Å². The Balaban J connectivity index is 2.28. The van der Waals surface area contributed by atoms with E-state index in [9.17, 15) is 4.79 Å². The Bertz CT molecular complexity index is 457. The number of allylic oxidation sites excluding steroid dienone is 1. The summed E-state index contributed by atoms with van der Waals surface area (Å²) in [7, 11) is 1.65. The average Bonchev–Trinajstić information content (AvgIpc) is 2.88. The van der Waals surface area contributed by atoms with Crippen LogP contribution in [-0.2, 0) is 9.53 Å². The SMILES string of the molecule is CCOC(=O)C1=C(c2ccc(OC)cc2)CCC1. The standard InChI is InChI=1S/C15H18O3/c1-3-18-15(16)14-6-4-5-13(14)11-7-9-12(17-2)10-8-11/h7-10H,3-6H2,1-2H3. The molecule has 0 spiro atoms. The van der Waals surface area contributed by atoms with E-state index in [2.05, 4.69) is 0 Å². The van der Waals surface area contributed by atoms with Crippen LogP contribution in [0.2, 0.25) is 0 Å². The van der Waals surface area contributed by atoms with E-state index in [0.29, 0.717) is 6.61 Å². The largest absolute Gasteiger partial charge is 0.497 e. The molecule has 0 aromatic heterocycles. The molecule has 3 nitrogen and oxygen atoms in total. The summed E-state index contributed by atoms with van der Waals surface area (Å²) >= 11 is 0. The fourth-order valence-corrected chi connectivity index (χ4v) is 2.30. The van der Waals surface area contributed by atoms with Gasteiger partial charge in [-0.2, -0.15) is 0 Å². The molecule has 0 bridgehead atoms. The third kappa shape index (κ3) is 2.55. The molecule has 0 atom stereocenters. The van der Waals surface area contributed by atoms with Crippen LogP contribution >= 0.6 is 0 Å². The highest BCUT2D eigenvalue weighted by Crippen LogP contribution is 2.35. The van der Waals surface area contributed by atoms with Crippen molar-refractivity contribution in [3.05, 3.63) is 35.4 Å². The smallest absolute Gasteiger partial charge is 0.334 e. The molecule has 0 amide bonds. The van der Waals surface area contributed by atoms with Gasteiger partial charge in [0.05, 0.1) is 13.7 Å². The number of esters is 1. The molecule has 1 aromatic carbocycles. The van der Waals surface area contributed by atoms with Gasteiger partial charge in [0.1, 0.15) is 5.75 Å². The van der Waals surface area contributed by atoms with Crippen LogP contribution in [0.5, 0.6) is 5.75 Å². The van der Waals surface area contributed by atoms with E-state index in [1.807, 2.05) is 31.2 Å². The summed E-state index contributed by atoms with van der Waals surface area (Å²) in [4.78, 5) is 11.8. The van der Waals surface area contributed by atoms with Gasteiger partial charge in [0.15, 0.2) is 0 Å². The summed E-state index contributed by atoms with van der Waals surface area (Å²) in [5, 5.41) is 0. The van der Waals surface area contributed by atoms with E-state index in [0.717, 1.165) is 41.7 Å². The van der Waals surface area contributed by atoms with Crippen molar-refractivity contribution in [2.24, 2.45) is 0 Å². The van der Waals surface area contributed by atoms with Crippen molar-refractivity contribution in [3.63, 3.8) is 0 Å². The molecule has 18 heavy (non-hydrogen) atoms. The molecule has 0 N–H and O–H groups in total. The molecule has 1 aliphatic carbocycles. The number of hydrogen-bond acceptors (Lipinski definition) is 3. The highest BCUT2D eigenvalue weighted by Gasteiger charge is 2.22. The molecular formula is C15H18O3. The number of rotatable bonds is 4. The first-order chi connectivity index (χ1) is 8.76. The molecule has 0 aliphatic heterocycles. The summed E-state index contributed by atoms with van der Waals surface area (Å²) in [5.41, 5.74) is 3.05. The topological polar surface area (TPSA) is 35.5 Å². The molecule has 2 rings (SSSR count). The van der Waals surface area contributed by atoms with Crippen molar-refractivity contribution < 1.29 is 14.3 Å². The number of benzene rings is 1. The first-order valence-corrected chi connectivity index (χ1v) is 6.29. The van der Waals surface area contributed by atoms with Gasteiger partial charge in [0.25, 0.3) is 0 Å². The zero-order valence-corrected chi connectivity index (χ0v) is 10.9. The van der Waals surface area contributed by atoms with Gasteiger partial charge >= 0.3 is 5.97 Å². The van der Waals surface area contributed by atoms with Crippen molar-refractivity contribution in [2.75, 3.05) is 13.7 Å². The number of hydrogen-bond donors (Lipinski definition) is 0. The van der Waals surface area contributed by atoms with E-state index in [1.54, 1.807) is 7.11 Å². The van der Waals surface area contributed by atoms with Crippen LogP contribution in [0.4, 0.5) is 0 Å². The number of methoxy groups -OCH3 is 1. The van der Waals surface area contributed by atoms with Crippen molar-refractivity contribution in [2.45, 2.75) is 26.2 Å². The zero-order chi connectivity index (χ0) is 13.0. The fourth-order valence-electron chi connectivity index (χ4n) is 2.30. The Morgan fingerprint density at radius 1 is 1.22 bits per heavy atom. The lowest BCUT2D eigenvalue weighted by atomic mass is 10.0. The van der Waals surface area contributed by atoms with Crippen LogP contribution in [0, 0.1) is 0 Å². The van der Waals surface area contributed by atoms with Crippen molar-refractivity contribution in [1.29, 1.82) is 0 Å². The maximum atomic E-state index is 11.8. The van der Waals surface area contributed by atoms with Crippen LogP contribution < -0.4 is 4.74 Å². The Morgan fingerprint density at radius 3 is 2.56 bits per heavy atom. The van der Waals surface area contributed by atoms with E-state index in [1.165, 1.54) is 0 Å². The monoisotopic (exact) mass is 246 g/mol. The summed E-state index contributed by atoms with van der Waals surface area (Å²) in [5.74, 6) is 0.663. The highest BCUT2D eigenvalue weighted by atomic mass is 16.5. The first kappa shape index (κ1) is 12.7. The van der Waals surface area contributed by atoms with Crippen LogP contribution in [0.3, 0.4) is 0 Å². The van der Waals surface area contributed by atoms with Crippen molar-refractivity contribution in [3.8, 4) is 5.75 Å². The van der Waals surface area contributed by atoms with Crippen LogP contribution in [0.1, 0.15) is 31.7 Å². The minimum atomic E-state index is -0.166. The van der Waals surface area contributed by atoms with E-state index in [-0.39, 0.29) is 5.97 Å². The van der Waals surface area contributed by atoms with Crippen LogP contribution in [0.25, 0.3) is 5.57 Å². The maximum Gasteiger partial charge on any atom is 0.334 e. The second-order valence-electron chi connectivity index (χ2n) is 4.26. The van der Waals surface area contributed by atoms with Crippen LogP contribution in [-0.4, -0.2) is 19.7 Å². The zero-order valence-electron chi connectivity index (χ0n) is 10.9. The van der Waals surface area contributed by atoms with Gasteiger partial charge in [0, 0.05) is 5.57 Å². The summed E-state index contributed by atoms with van der Waals surface area (Å²) in [6.07, 6.45) is 2.79. The lowest BCUT2D eigenvalue weighted by Crippen LogP contribution is -2.07. The summed E-state index contributed by atoms with van der Waals surface area (Å²) in [6, 6.07) is 7.84. The molecule has 96 valence electrons. The molecule has 0 saturated carbocycles. The van der Waals surface area contributed by atoms with Gasteiger partial charge in [-0.25, -0.2) is 4.79 Å². The number of ether oxygens (including phenoxy) is 2. The quantitative estimate of drug-likeness (QED) is 0.765. The number of carbonyl (C=O) groups is 1. The number of carbonyl (C=O) groups excluding carboxylic acids is 1. The molecule has 0 saturated heterocycles. The van der Waals surface area contributed by atoms with Gasteiger partial charge in [-0.05, 0) is 49.5 Å². The molecule has 1 aliphatic rings. The van der Waals surface area contributed by atoms with Gasteiger partial charge in [0.2, 0.25) is 0 Å². The third-order valence-electron chi connectivity index (χ3n) is 3.18. The molecule has 3 heteroatoms. The van der Waals surface area contributed by atoms with Gasteiger partial charge < -0.3 is 9.47 Å². The first-order valence-electron chi connectivity index (χ1n) is 6.29.